The first-order valence-corrected chi connectivity index (χ1v) is 8.97. The summed E-state index contributed by atoms with van der Waals surface area (Å²) in [7, 11) is 1.89. The van der Waals surface area contributed by atoms with Crippen molar-refractivity contribution >= 4 is 17.5 Å². The van der Waals surface area contributed by atoms with E-state index in [1.807, 2.05) is 78.7 Å². The Kier molecular flexibility index (Phi) is 6.12. The Balaban J connectivity index is 1.69. The first-order valence-electron chi connectivity index (χ1n) is 8.60. The van der Waals surface area contributed by atoms with Gasteiger partial charge in [0.2, 0.25) is 5.91 Å². The molecule has 0 aliphatic heterocycles. The van der Waals surface area contributed by atoms with Gasteiger partial charge in [-0.05, 0) is 48.5 Å². The van der Waals surface area contributed by atoms with Gasteiger partial charge >= 0.3 is 0 Å². The molecule has 0 bridgehead atoms. The van der Waals surface area contributed by atoms with E-state index in [0.717, 1.165) is 16.9 Å². The van der Waals surface area contributed by atoms with Gasteiger partial charge in [-0.1, -0.05) is 60.1 Å². The molecule has 0 fully saturated rings. The Bertz CT molecular complexity index is 898. The number of benzene rings is 3. The average molecular weight is 381 g/mol. The van der Waals surface area contributed by atoms with Crippen molar-refractivity contribution in [3.63, 3.8) is 0 Å². The average Bonchev–Trinajstić information content (AvgIpc) is 2.64. The number of hydrogen-bond acceptors (Lipinski definition) is 3. The van der Waals surface area contributed by atoms with Crippen LogP contribution < -0.4 is 10.5 Å². The molecule has 138 valence electrons. The summed E-state index contributed by atoms with van der Waals surface area (Å²) in [5, 5.41) is 0.629. The second kappa shape index (κ2) is 8.71. The third kappa shape index (κ3) is 5.09. The van der Waals surface area contributed by atoms with Crippen molar-refractivity contribution in [1.29, 1.82) is 0 Å². The quantitative estimate of drug-likeness (QED) is 0.641. The van der Waals surface area contributed by atoms with Crippen molar-refractivity contribution in [3.8, 4) is 11.5 Å². The van der Waals surface area contributed by atoms with Gasteiger partial charge in [0.25, 0.3) is 0 Å². The maximum atomic E-state index is 12.0. The molecule has 0 radical (unpaired) electrons. The third-order valence-corrected chi connectivity index (χ3v) is 4.45. The lowest BCUT2D eigenvalue weighted by atomic mass is 10.0. The van der Waals surface area contributed by atoms with Crippen LogP contribution in [0.4, 0.5) is 0 Å². The number of nitrogens with two attached hydrogens (primary N) is 1. The first-order chi connectivity index (χ1) is 13.0. The summed E-state index contributed by atoms with van der Waals surface area (Å²) in [4.78, 5) is 13.9. The topological polar surface area (TPSA) is 55.6 Å². The van der Waals surface area contributed by atoms with Crippen LogP contribution in [0.15, 0.2) is 78.9 Å². The van der Waals surface area contributed by atoms with Crippen LogP contribution in [0.1, 0.15) is 17.2 Å². The Morgan fingerprint density at radius 2 is 1.70 bits per heavy atom. The predicted molar refractivity (Wildman–Crippen MR) is 108 cm³/mol. The van der Waals surface area contributed by atoms with Crippen molar-refractivity contribution < 1.29 is 9.53 Å². The van der Waals surface area contributed by atoms with Crippen LogP contribution in [-0.2, 0) is 11.3 Å². The number of amides is 1. The van der Waals surface area contributed by atoms with Gasteiger partial charge in [-0.25, -0.2) is 0 Å². The molecule has 0 aliphatic rings. The van der Waals surface area contributed by atoms with E-state index in [1.165, 1.54) is 0 Å². The molecule has 0 aromatic heterocycles. The molecule has 3 aromatic rings. The van der Waals surface area contributed by atoms with Gasteiger partial charge in [-0.15, -0.1) is 0 Å². The van der Waals surface area contributed by atoms with E-state index in [-0.39, 0.29) is 5.91 Å². The van der Waals surface area contributed by atoms with Crippen LogP contribution in [0.2, 0.25) is 5.02 Å². The lowest BCUT2D eigenvalue weighted by Crippen LogP contribution is -2.34. The molecule has 27 heavy (non-hydrogen) atoms. The molecule has 5 heteroatoms. The SMILES string of the molecule is CN(Cc1ccc(Oc2cccc(Cl)c2)cc1)C(C(N)=O)c1ccccc1. The van der Waals surface area contributed by atoms with Crippen molar-refractivity contribution in [3.05, 3.63) is 95.0 Å². The molecule has 0 heterocycles. The molecule has 3 rings (SSSR count). The van der Waals surface area contributed by atoms with E-state index in [1.54, 1.807) is 12.1 Å². The van der Waals surface area contributed by atoms with E-state index < -0.39 is 6.04 Å². The molecule has 3 aromatic carbocycles. The number of likely N-dealkylation sites (N-methyl/N-ethyl adjacent to an activating group) is 1. The fourth-order valence-electron chi connectivity index (χ4n) is 2.98. The fraction of sp³-hybridized carbons (Fsp3) is 0.136. The van der Waals surface area contributed by atoms with E-state index in [9.17, 15) is 4.79 Å². The number of ether oxygens (including phenoxy) is 1. The lowest BCUT2D eigenvalue weighted by Gasteiger charge is -2.26. The van der Waals surface area contributed by atoms with Gasteiger partial charge in [0.15, 0.2) is 0 Å². The monoisotopic (exact) mass is 380 g/mol. The van der Waals surface area contributed by atoms with E-state index in [4.69, 9.17) is 22.1 Å². The number of carbonyl (C=O) groups excluding carboxylic acids is 1. The van der Waals surface area contributed by atoms with Crippen LogP contribution in [0.5, 0.6) is 11.5 Å². The minimum absolute atomic E-state index is 0.371. The molecule has 4 nitrogen and oxygen atoms in total. The number of rotatable bonds is 7. The molecule has 1 unspecified atom stereocenters. The molecule has 2 N–H and O–H groups in total. The second-order valence-corrected chi connectivity index (χ2v) is 6.77. The Morgan fingerprint density at radius 1 is 1.00 bits per heavy atom. The van der Waals surface area contributed by atoms with Crippen LogP contribution in [-0.4, -0.2) is 17.9 Å². The Labute approximate surface area is 164 Å². The molecule has 0 aliphatic carbocycles. The van der Waals surface area contributed by atoms with Gasteiger partial charge in [0, 0.05) is 11.6 Å². The predicted octanol–water partition coefficient (Wildman–Crippen LogP) is 4.79. The summed E-state index contributed by atoms with van der Waals surface area (Å²) in [5.41, 5.74) is 7.57. The van der Waals surface area contributed by atoms with Crippen LogP contribution >= 0.6 is 11.6 Å². The first kappa shape index (κ1) is 19.0. The fourth-order valence-corrected chi connectivity index (χ4v) is 3.16. The number of primary amides is 1. The highest BCUT2D eigenvalue weighted by molar-refractivity contribution is 6.30. The number of carbonyl (C=O) groups is 1. The molecular weight excluding hydrogens is 360 g/mol. The van der Waals surface area contributed by atoms with E-state index in [2.05, 4.69) is 0 Å². The smallest absolute Gasteiger partial charge is 0.239 e. The Hall–Kier alpha value is -2.82. The zero-order chi connectivity index (χ0) is 19.2. The van der Waals surface area contributed by atoms with Gasteiger partial charge in [-0.3, -0.25) is 9.69 Å². The zero-order valence-corrected chi connectivity index (χ0v) is 15.8. The minimum atomic E-state index is -0.478. The zero-order valence-electron chi connectivity index (χ0n) is 15.0. The Morgan fingerprint density at radius 3 is 2.33 bits per heavy atom. The number of halogens is 1. The van der Waals surface area contributed by atoms with Crippen LogP contribution in [0, 0.1) is 0 Å². The van der Waals surface area contributed by atoms with Gasteiger partial charge in [-0.2, -0.15) is 0 Å². The van der Waals surface area contributed by atoms with Crippen molar-refractivity contribution in [2.75, 3.05) is 7.05 Å². The standard InChI is InChI=1S/C22H21ClN2O2/c1-25(21(22(24)26)17-6-3-2-4-7-17)15-16-10-12-19(13-11-16)27-20-9-5-8-18(23)14-20/h2-14,21H,15H2,1H3,(H2,24,26). The lowest BCUT2D eigenvalue weighted by molar-refractivity contribution is -0.123. The summed E-state index contributed by atoms with van der Waals surface area (Å²) >= 11 is 5.98. The maximum Gasteiger partial charge on any atom is 0.239 e. The molecule has 1 atom stereocenters. The summed E-state index contributed by atoms with van der Waals surface area (Å²) in [6, 6.07) is 24.1. The molecule has 0 saturated carbocycles. The van der Waals surface area contributed by atoms with Gasteiger partial charge in [0.05, 0.1) is 0 Å². The van der Waals surface area contributed by atoms with Crippen molar-refractivity contribution in [2.24, 2.45) is 5.73 Å². The largest absolute Gasteiger partial charge is 0.457 e. The minimum Gasteiger partial charge on any atom is -0.457 e. The molecule has 1 amide bonds. The normalized spacial score (nSPS) is 12.0. The summed E-state index contributed by atoms with van der Waals surface area (Å²) in [6.45, 7) is 0.583. The highest BCUT2D eigenvalue weighted by Gasteiger charge is 2.22. The van der Waals surface area contributed by atoms with E-state index in [0.29, 0.717) is 17.3 Å². The molecular formula is C22H21ClN2O2. The summed E-state index contributed by atoms with van der Waals surface area (Å²) in [6.07, 6.45) is 0. The van der Waals surface area contributed by atoms with Gasteiger partial charge < -0.3 is 10.5 Å². The summed E-state index contributed by atoms with van der Waals surface area (Å²) < 4.78 is 5.80. The summed E-state index contributed by atoms with van der Waals surface area (Å²) in [5.74, 6) is 1.04. The molecule has 0 saturated heterocycles. The van der Waals surface area contributed by atoms with E-state index >= 15 is 0 Å². The highest BCUT2D eigenvalue weighted by atomic mass is 35.5. The maximum absolute atomic E-state index is 12.0. The van der Waals surface area contributed by atoms with Crippen LogP contribution in [0.25, 0.3) is 0 Å². The van der Waals surface area contributed by atoms with Crippen LogP contribution in [0.3, 0.4) is 0 Å². The van der Waals surface area contributed by atoms with Crippen molar-refractivity contribution in [1.82, 2.24) is 4.90 Å². The highest BCUT2D eigenvalue weighted by Crippen LogP contribution is 2.25. The van der Waals surface area contributed by atoms with Gasteiger partial charge in [0.1, 0.15) is 17.5 Å². The van der Waals surface area contributed by atoms with Crippen molar-refractivity contribution in [2.45, 2.75) is 12.6 Å². The second-order valence-electron chi connectivity index (χ2n) is 6.33. The molecule has 0 spiro atoms. The third-order valence-electron chi connectivity index (χ3n) is 4.21. The number of nitrogens with zero attached hydrogens (tertiary/aromatic N) is 1. The number of hydrogen-bond donors (Lipinski definition) is 1.